The second-order valence-corrected chi connectivity index (χ2v) is 9.32. The van der Waals surface area contributed by atoms with E-state index in [4.69, 9.17) is 28.2 Å². The fourth-order valence-electron chi connectivity index (χ4n) is 3.98. The maximum Gasteiger partial charge on any atom is 0.174 e. The van der Waals surface area contributed by atoms with Gasteiger partial charge in [-0.1, -0.05) is 33.6 Å². The summed E-state index contributed by atoms with van der Waals surface area (Å²) in [5.41, 5.74) is 4.00. The third kappa shape index (κ3) is 3.94. The molecular formula is C25H19BrClN3OS. The van der Waals surface area contributed by atoms with Crippen LogP contribution in [0.4, 0.5) is 5.69 Å². The van der Waals surface area contributed by atoms with Gasteiger partial charge in [-0.05, 0) is 91.4 Å². The summed E-state index contributed by atoms with van der Waals surface area (Å²) in [6, 6.07) is 23.4. The summed E-state index contributed by atoms with van der Waals surface area (Å²) in [5, 5.41) is 4.79. The first-order chi connectivity index (χ1) is 15.5. The minimum Gasteiger partial charge on any atom is -0.459 e. The number of aryl methyl sites for hydroxylation is 1. The molecule has 2 aromatic carbocycles. The molecule has 1 fully saturated rings. The minimum atomic E-state index is -0.195. The highest BCUT2D eigenvalue weighted by Crippen LogP contribution is 2.43. The highest BCUT2D eigenvalue weighted by molar-refractivity contribution is 9.10. The fourth-order valence-corrected chi connectivity index (χ4v) is 4.70. The normalized spacial score (nSPS) is 18.1. The van der Waals surface area contributed by atoms with Gasteiger partial charge in [-0.25, -0.2) is 0 Å². The van der Waals surface area contributed by atoms with Gasteiger partial charge in [0.25, 0.3) is 0 Å². The van der Waals surface area contributed by atoms with Crippen LogP contribution in [0.5, 0.6) is 0 Å². The van der Waals surface area contributed by atoms with Gasteiger partial charge in [-0.2, -0.15) is 0 Å². The van der Waals surface area contributed by atoms with Crippen molar-refractivity contribution >= 4 is 50.5 Å². The van der Waals surface area contributed by atoms with E-state index < -0.39 is 0 Å². The van der Waals surface area contributed by atoms with Crippen molar-refractivity contribution in [2.45, 2.75) is 19.0 Å². The SMILES string of the molecule is Cc1cc(N2C(=S)N[C@H](c3ccccn3)[C@H]2c2ccc(-c3ccc(Cl)cc3)o2)ccc1Br. The number of aromatic nitrogens is 1. The lowest BCUT2D eigenvalue weighted by atomic mass is 10.0. The molecule has 0 bridgehead atoms. The van der Waals surface area contributed by atoms with E-state index in [-0.39, 0.29) is 12.1 Å². The second-order valence-electron chi connectivity index (χ2n) is 7.64. The molecule has 0 aliphatic carbocycles. The van der Waals surface area contributed by atoms with Crippen molar-refractivity contribution < 1.29 is 4.42 Å². The summed E-state index contributed by atoms with van der Waals surface area (Å²) in [6.07, 6.45) is 1.80. The zero-order valence-corrected chi connectivity index (χ0v) is 20.3. The average molecular weight is 525 g/mol. The first-order valence-corrected chi connectivity index (χ1v) is 11.7. The molecule has 160 valence electrons. The molecule has 2 aromatic heterocycles. The lowest BCUT2D eigenvalue weighted by Gasteiger charge is -2.26. The van der Waals surface area contributed by atoms with Crippen LogP contribution in [0.25, 0.3) is 11.3 Å². The molecule has 4 aromatic rings. The van der Waals surface area contributed by atoms with Crippen LogP contribution in [0.2, 0.25) is 5.02 Å². The predicted molar refractivity (Wildman–Crippen MR) is 136 cm³/mol. The van der Waals surface area contributed by atoms with Gasteiger partial charge >= 0.3 is 0 Å². The number of rotatable bonds is 4. The Balaban J connectivity index is 1.60. The summed E-state index contributed by atoms with van der Waals surface area (Å²) in [6.45, 7) is 2.07. The number of hydrogen-bond acceptors (Lipinski definition) is 3. The molecule has 7 heteroatoms. The van der Waals surface area contributed by atoms with Crippen LogP contribution in [-0.2, 0) is 0 Å². The number of nitrogens with one attached hydrogen (secondary N) is 1. The molecule has 1 saturated heterocycles. The Hall–Kier alpha value is -2.67. The Morgan fingerprint density at radius 2 is 1.88 bits per heavy atom. The van der Waals surface area contributed by atoms with Gasteiger partial charge in [0.1, 0.15) is 17.6 Å². The standard InChI is InChI=1S/C25H19BrClN3OS/c1-15-14-18(9-10-19(15)26)30-24(23(29-25(30)32)20-4-2-3-13-28-20)22-12-11-21(31-22)16-5-7-17(27)8-6-16/h2-14,23-24H,1H3,(H,29,32)/t23-,24-/m1/s1. The van der Waals surface area contributed by atoms with E-state index in [0.717, 1.165) is 38.5 Å². The van der Waals surface area contributed by atoms with Crippen LogP contribution in [0.15, 0.2) is 87.9 Å². The number of furan rings is 1. The third-order valence-electron chi connectivity index (χ3n) is 5.56. The van der Waals surface area contributed by atoms with Gasteiger partial charge in [0.05, 0.1) is 11.7 Å². The van der Waals surface area contributed by atoms with Crippen molar-refractivity contribution in [3.05, 3.63) is 106 Å². The van der Waals surface area contributed by atoms with Crippen LogP contribution >= 0.6 is 39.7 Å². The lowest BCUT2D eigenvalue weighted by Crippen LogP contribution is -2.29. The second kappa shape index (κ2) is 8.70. The molecule has 3 heterocycles. The molecule has 1 aliphatic heterocycles. The van der Waals surface area contributed by atoms with Gasteiger partial charge in [0, 0.05) is 26.9 Å². The number of nitrogens with zero attached hydrogens (tertiary/aromatic N) is 2. The topological polar surface area (TPSA) is 41.3 Å². The predicted octanol–water partition coefficient (Wildman–Crippen LogP) is 7.24. The molecular weight excluding hydrogens is 506 g/mol. The van der Waals surface area contributed by atoms with E-state index in [1.165, 1.54) is 0 Å². The zero-order valence-electron chi connectivity index (χ0n) is 17.1. The number of benzene rings is 2. The molecule has 0 saturated carbocycles. The summed E-state index contributed by atoms with van der Waals surface area (Å²) in [7, 11) is 0. The summed E-state index contributed by atoms with van der Waals surface area (Å²) in [4.78, 5) is 6.70. The van der Waals surface area contributed by atoms with Crippen molar-refractivity contribution in [2.75, 3.05) is 4.90 Å². The number of pyridine rings is 1. The monoisotopic (exact) mass is 523 g/mol. The smallest absolute Gasteiger partial charge is 0.174 e. The number of halogens is 2. The Kier molecular flexibility index (Phi) is 5.76. The Morgan fingerprint density at radius 1 is 1.06 bits per heavy atom. The van der Waals surface area contributed by atoms with Crippen LogP contribution in [0.1, 0.15) is 29.1 Å². The van der Waals surface area contributed by atoms with E-state index in [2.05, 4.69) is 50.2 Å². The first kappa shape index (κ1) is 21.2. The summed E-state index contributed by atoms with van der Waals surface area (Å²) in [5.74, 6) is 1.58. The molecule has 0 amide bonds. The Morgan fingerprint density at radius 3 is 2.59 bits per heavy atom. The van der Waals surface area contributed by atoms with Gasteiger partial charge < -0.3 is 14.6 Å². The van der Waals surface area contributed by atoms with Crippen LogP contribution in [0.3, 0.4) is 0 Å². The number of hydrogen-bond donors (Lipinski definition) is 1. The average Bonchev–Trinajstić information content (AvgIpc) is 3.41. The zero-order chi connectivity index (χ0) is 22.2. The lowest BCUT2D eigenvalue weighted by molar-refractivity contribution is 0.439. The molecule has 2 atom stereocenters. The number of anilines is 1. The Labute approximate surface area is 205 Å². The van der Waals surface area contributed by atoms with E-state index in [1.54, 1.807) is 6.20 Å². The third-order valence-corrected chi connectivity index (χ3v) is 7.02. The van der Waals surface area contributed by atoms with Crippen LogP contribution in [-0.4, -0.2) is 10.1 Å². The maximum absolute atomic E-state index is 6.38. The molecule has 5 rings (SSSR count). The van der Waals surface area contributed by atoms with Gasteiger partial charge in [-0.3, -0.25) is 4.98 Å². The largest absolute Gasteiger partial charge is 0.459 e. The number of thiocarbonyl (C=S) groups is 1. The summed E-state index contributed by atoms with van der Waals surface area (Å²) < 4.78 is 7.43. The van der Waals surface area contributed by atoms with E-state index in [0.29, 0.717) is 10.1 Å². The Bertz CT molecular complexity index is 1280. The quantitative estimate of drug-likeness (QED) is 0.285. The molecule has 0 spiro atoms. The van der Waals surface area contributed by atoms with Gasteiger partial charge in [-0.15, -0.1) is 0 Å². The van der Waals surface area contributed by atoms with Crippen molar-refractivity contribution in [3.63, 3.8) is 0 Å². The van der Waals surface area contributed by atoms with Crippen molar-refractivity contribution in [3.8, 4) is 11.3 Å². The molecule has 0 radical (unpaired) electrons. The van der Waals surface area contributed by atoms with Gasteiger partial charge in [0.2, 0.25) is 0 Å². The molecule has 0 unspecified atom stereocenters. The van der Waals surface area contributed by atoms with Crippen molar-refractivity contribution in [2.24, 2.45) is 0 Å². The summed E-state index contributed by atoms with van der Waals surface area (Å²) >= 11 is 15.4. The maximum atomic E-state index is 6.38. The molecule has 32 heavy (non-hydrogen) atoms. The van der Waals surface area contributed by atoms with E-state index in [1.807, 2.05) is 60.7 Å². The van der Waals surface area contributed by atoms with E-state index >= 15 is 0 Å². The van der Waals surface area contributed by atoms with Crippen LogP contribution < -0.4 is 10.2 Å². The van der Waals surface area contributed by atoms with Crippen molar-refractivity contribution in [1.82, 2.24) is 10.3 Å². The fraction of sp³-hybridized carbons (Fsp3) is 0.120. The first-order valence-electron chi connectivity index (χ1n) is 10.1. The highest BCUT2D eigenvalue weighted by Gasteiger charge is 2.42. The van der Waals surface area contributed by atoms with Crippen LogP contribution in [0, 0.1) is 6.92 Å². The van der Waals surface area contributed by atoms with E-state index in [9.17, 15) is 0 Å². The van der Waals surface area contributed by atoms with Crippen molar-refractivity contribution in [1.29, 1.82) is 0 Å². The van der Waals surface area contributed by atoms with Gasteiger partial charge in [0.15, 0.2) is 5.11 Å². The molecule has 1 aliphatic rings. The minimum absolute atomic E-state index is 0.156. The molecule has 1 N–H and O–H groups in total. The molecule has 4 nitrogen and oxygen atoms in total. The highest BCUT2D eigenvalue weighted by atomic mass is 79.9.